The Morgan fingerprint density at radius 3 is 2.95 bits per heavy atom. The Morgan fingerprint density at radius 2 is 2.23 bits per heavy atom. The van der Waals surface area contributed by atoms with Gasteiger partial charge in [-0.1, -0.05) is 6.92 Å². The molecule has 0 spiro atoms. The number of aromatic nitrogens is 1. The first kappa shape index (κ1) is 15.4. The molecule has 0 unspecified atom stereocenters. The van der Waals surface area contributed by atoms with Crippen molar-refractivity contribution in [3.8, 4) is 0 Å². The van der Waals surface area contributed by atoms with Crippen LogP contribution in [0.2, 0.25) is 0 Å². The Morgan fingerprint density at radius 1 is 1.45 bits per heavy atom. The Kier molecular flexibility index (Phi) is 4.19. The molecule has 2 atom stereocenters. The number of carbonyl (C=O) groups is 1. The van der Waals surface area contributed by atoms with Crippen LogP contribution in [0, 0.1) is 0 Å². The van der Waals surface area contributed by atoms with Crippen LogP contribution in [-0.4, -0.2) is 50.8 Å². The minimum absolute atomic E-state index is 0.0990. The van der Waals surface area contributed by atoms with Crippen LogP contribution in [0.1, 0.15) is 54.2 Å². The average molecular weight is 304 g/mol. The van der Waals surface area contributed by atoms with E-state index in [-0.39, 0.29) is 12.5 Å². The normalized spacial score (nSPS) is 28.3. The molecule has 5 heteroatoms. The molecule has 1 saturated heterocycles. The van der Waals surface area contributed by atoms with Gasteiger partial charge in [0, 0.05) is 25.0 Å². The number of aryl methyl sites for hydroxylation is 2. The van der Waals surface area contributed by atoms with Gasteiger partial charge in [0.2, 0.25) is 0 Å². The van der Waals surface area contributed by atoms with Gasteiger partial charge in [-0.2, -0.15) is 0 Å². The van der Waals surface area contributed by atoms with E-state index in [1.807, 2.05) is 13.0 Å². The summed E-state index contributed by atoms with van der Waals surface area (Å²) >= 11 is 0. The Bertz CT molecular complexity index is 575. The molecule has 22 heavy (non-hydrogen) atoms. The molecule has 2 N–H and O–H groups in total. The zero-order valence-electron chi connectivity index (χ0n) is 13.1. The lowest BCUT2D eigenvalue weighted by Gasteiger charge is -2.41. The topological polar surface area (TPSA) is 73.7 Å². The molecular weight excluding hydrogens is 280 g/mol. The Balaban J connectivity index is 1.75. The first-order chi connectivity index (χ1) is 10.5. The SMILES string of the molecule is CC[C@@]1(O)CCN(C(=O)c2cnc3c(c2)CCCC3)C[C@H]1O. The fourth-order valence-corrected chi connectivity index (χ4v) is 3.45. The van der Waals surface area contributed by atoms with Gasteiger partial charge in [-0.3, -0.25) is 9.78 Å². The van der Waals surface area contributed by atoms with Crippen molar-refractivity contribution in [3.05, 3.63) is 29.1 Å². The molecule has 5 nitrogen and oxygen atoms in total. The molecule has 120 valence electrons. The van der Waals surface area contributed by atoms with E-state index in [0.717, 1.165) is 25.0 Å². The number of carbonyl (C=O) groups excluding carboxylic acids is 1. The first-order valence-corrected chi connectivity index (χ1v) is 8.21. The molecule has 1 aromatic heterocycles. The number of pyridine rings is 1. The minimum Gasteiger partial charge on any atom is -0.388 e. The number of aliphatic hydroxyl groups is 2. The van der Waals surface area contributed by atoms with Gasteiger partial charge in [0.1, 0.15) is 6.10 Å². The summed E-state index contributed by atoms with van der Waals surface area (Å²) in [7, 11) is 0. The van der Waals surface area contributed by atoms with Crippen LogP contribution >= 0.6 is 0 Å². The summed E-state index contributed by atoms with van der Waals surface area (Å²) in [6, 6.07) is 1.96. The highest BCUT2D eigenvalue weighted by Crippen LogP contribution is 2.27. The van der Waals surface area contributed by atoms with Crippen molar-refractivity contribution in [2.75, 3.05) is 13.1 Å². The van der Waals surface area contributed by atoms with E-state index in [0.29, 0.717) is 24.9 Å². The molecule has 2 aliphatic rings. The predicted molar refractivity (Wildman–Crippen MR) is 82.6 cm³/mol. The summed E-state index contributed by atoms with van der Waals surface area (Å²) < 4.78 is 0. The largest absolute Gasteiger partial charge is 0.388 e. The molecule has 0 aromatic carbocycles. The summed E-state index contributed by atoms with van der Waals surface area (Å²) in [5.74, 6) is -0.0990. The highest BCUT2D eigenvalue weighted by Gasteiger charge is 2.40. The third kappa shape index (κ3) is 2.75. The van der Waals surface area contributed by atoms with Crippen molar-refractivity contribution in [3.63, 3.8) is 0 Å². The van der Waals surface area contributed by atoms with Crippen molar-refractivity contribution in [1.82, 2.24) is 9.88 Å². The maximum absolute atomic E-state index is 12.6. The average Bonchev–Trinajstić information content (AvgIpc) is 2.56. The summed E-state index contributed by atoms with van der Waals surface area (Å²) in [5.41, 5.74) is 1.82. The van der Waals surface area contributed by atoms with E-state index in [4.69, 9.17) is 0 Å². The number of hydrogen-bond acceptors (Lipinski definition) is 4. The number of piperidine rings is 1. The number of fused-ring (bicyclic) bond motifs is 1. The minimum atomic E-state index is -1.06. The second-order valence-corrected chi connectivity index (χ2v) is 6.51. The van der Waals surface area contributed by atoms with Crippen LogP contribution in [0.25, 0.3) is 0 Å². The number of aliphatic hydroxyl groups excluding tert-OH is 1. The Hall–Kier alpha value is -1.46. The number of hydrogen-bond donors (Lipinski definition) is 2. The van der Waals surface area contributed by atoms with Gasteiger partial charge >= 0.3 is 0 Å². The van der Waals surface area contributed by atoms with Gasteiger partial charge in [0.15, 0.2) is 0 Å². The standard InChI is InChI=1S/C17H24N2O3/c1-2-17(22)7-8-19(11-15(17)20)16(21)13-9-12-5-3-4-6-14(12)18-10-13/h9-10,15,20,22H,2-8,11H2,1H3/t15-,17-/m1/s1. The van der Waals surface area contributed by atoms with Crippen molar-refractivity contribution >= 4 is 5.91 Å². The first-order valence-electron chi connectivity index (χ1n) is 8.21. The fraction of sp³-hybridized carbons (Fsp3) is 0.647. The van der Waals surface area contributed by atoms with Crippen LogP contribution in [0.15, 0.2) is 12.3 Å². The third-order valence-corrected chi connectivity index (χ3v) is 5.14. The molecule has 1 fully saturated rings. The number of β-amino-alcohol motifs (C(OH)–C–C–N with tert-alkyl or cyclic N) is 1. The molecule has 1 aliphatic carbocycles. The van der Waals surface area contributed by atoms with Gasteiger partial charge < -0.3 is 15.1 Å². The van der Waals surface area contributed by atoms with Crippen LogP contribution in [-0.2, 0) is 12.8 Å². The lowest BCUT2D eigenvalue weighted by Crippen LogP contribution is -2.56. The van der Waals surface area contributed by atoms with Gasteiger partial charge in [-0.15, -0.1) is 0 Å². The molecule has 1 amide bonds. The van der Waals surface area contributed by atoms with Crippen LogP contribution in [0.5, 0.6) is 0 Å². The zero-order chi connectivity index (χ0) is 15.7. The molecule has 0 radical (unpaired) electrons. The monoisotopic (exact) mass is 304 g/mol. The van der Waals surface area contributed by atoms with Crippen LogP contribution in [0.3, 0.4) is 0 Å². The van der Waals surface area contributed by atoms with Crippen molar-refractivity contribution < 1.29 is 15.0 Å². The number of likely N-dealkylation sites (tertiary alicyclic amines) is 1. The van der Waals surface area contributed by atoms with Crippen molar-refractivity contribution in [2.24, 2.45) is 0 Å². The number of rotatable bonds is 2. The van der Waals surface area contributed by atoms with E-state index >= 15 is 0 Å². The quantitative estimate of drug-likeness (QED) is 0.864. The molecule has 3 rings (SSSR count). The zero-order valence-corrected chi connectivity index (χ0v) is 13.1. The van der Waals surface area contributed by atoms with Crippen LogP contribution in [0.4, 0.5) is 0 Å². The van der Waals surface area contributed by atoms with E-state index in [1.165, 1.54) is 12.0 Å². The second-order valence-electron chi connectivity index (χ2n) is 6.51. The number of nitrogens with zero attached hydrogens (tertiary/aromatic N) is 2. The van der Waals surface area contributed by atoms with E-state index in [1.54, 1.807) is 11.1 Å². The van der Waals surface area contributed by atoms with Gasteiger partial charge in [0.25, 0.3) is 5.91 Å². The summed E-state index contributed by atoms with van der Waals surface area (Å²) in [6.07, 6.45) is 5.97. The highest BCUT2D eigenvalue weighted by molar-refractivity contribution is 5.94. The lowest BCUT2D eigenvalue weighted by molar-refractivity contribution is -0.114. The molecule has 0 bridgehead atoms. The van der Waals surface area contributed by atoms with Gasteiger partial charge in [0.05, 0.1) is 11.2 Å². The van der Waals surface area contributed by atoms with E-state index in [9.17, 15) is 15.0 Å². The smallest absolute Gasteiger partial charge is 0.255 e. The molecular formula is C17H24N2O3. The van der Waals surface area contributed by atoms with Crippen molar-refractivity contribution in [1.29, 1.82) is 0 Å². The maximum atomic E-state index is 12.6. The maximum Gasteiger partial charge on any atom is 0.255 e. The second kappa shape index (κ2) is 5.97. The summed E-state index contributed by atoms with van der Waals surface area (Å²) in [5, 5.41) is 20.4. The fourth-order valence-electron chi connectivity index (χ4n) is 3.45. The third-order valence-electron chi connectivity index (χ3n) is 5.14. The van der Waals surface area contributed by atoms with Crippen molar-refractivity contribution in [2.45, 2.75) is 57.2 Å². The van der Waals surface area contributed by atoms with E-state index in [2.05, 4.69) is 4.98 Å². The number of amides is 1. The highest BCUT2D eigenvalue weighted by atomic mass is 16.3. The molecule has 0 saturated carbocycles. The van der Waals surface area contributed by atoms with Gasteiger partial charge in [-0.25, -0.2) is 0 Å². The van der Waals surface area contributed by atoms with E-state index < -0.39 is 11.7 Å². The molecule has 1 aromatic rings. The summed E-state index contributed by atoms with van der Waals surface area (Å²) in [6.45, 7) is 2.51. The lowest BCUT2D eigenvalue weighted by atomic mass is 9.86. The predicted octanol–water partition coefficient (Wildman–Crippen LogP) is 1.31. The summed E-state index contributed by atoms with van der Waals surface area (Å²) in [4.78, 5) is 18.7. The molecule has 1 aliphatic heterocycles. The Labute approximate surface area is 131 Å². The molecule has 2 heterocycles. The van der Waals surface area contributed by atoms with Crippen LogP contribution < -0.4 is 0 Å². The van der Waals surface area contributed by atoms with Gasteiger partial charge in [-0.05, 0) is 50.2 Å².